The number of hydrogen-bond donors (Lipinski definition) is 2. The fraction of sp³-hybridized carbons (Fsp3) is 0.222. The molecule has 1 heterocycles. The molecule has 23 heavy (non-hydrogen) atoms. The van der Waals surface area contributed by atoms with Crippen LogP contribution in [0.1, 0.15) is 18.1 Å². The van der Waals surface area contributed by atoms with E-state index in [4.69, 9.17) is 4.74 Å². The Balaban J connectivity index is 1.61. The van der Waals surface area contributed by atoms with Gasteiger partial charge in [0.05, 0.1) is 6.54 Å². The van der Waals surface area contributed by atoms with Crippen molar-refractivity contribution in [2.75, 3.05) is 18.4 Å². The van der Waals surface area contributed by atoms with Gasteiger partial charge in [-0.2, -0.15) is 0 Å². The van der Waals surface area contributed by atoms with Gasteiger partial charge in [0.1, 0.15) is 18.2 Å². The third kappa shape index (κ3) is 4.10. The van der Waals surface area contributed by atoms with Crippen LogP contribution < -0.4 is 15.4 Å². The second-order valence-corrected chi connectivity index (χ2v) is 5.35. The second kappa shape index (κ2) is 6.96. The molecule has 0 unspecified atom stereocenters. The van der Waals surface area contributed by atoms with Crippen LogP contribution in [0, 0.1) is 0 Å². The molecule has 5 heteroatoms. The van der Waals surface area contributed by atoms with Gasteiger partial charge in [0.2, 0.25) is 5.91 Å². The third-order valence-electron chi connectivity index (χ3n) is 3.45. The number of anilines is 1. The smallest absolute Gasteiger partial charge is 0.221 e. The number of amidine groups is 1. The average Bonchev–Trinajstić information content (AvgIpc) is 3.08. The first-order valence-corrected chi connectivity index (χ1v) is 7.59. The first kappa shape index (κ1) is 15.1. The van der Waals surface area contributed by atoms with Crippen molar-refractivity contribution in [3.63, 3.8) is 0 Å². The van der Waals surface area contributed by atoms with E-state index in [-0.39, 0.29) is 5.91 Å². The minimum atomic E-state index is -0.0843. The largest absolute Gasteiger partial charge is 0.489 e. The molecule has 2 aromatic carbocycles. The van der Waals surface area contributed by atoms with Gasteiger partial charge in [-0.05, 0) is 35.9 Å². The van der Waals surface area contributed by atoms with Gasteiger partial charge in [-0.1, -0.05) is 18.2 Å². The molecule has 0 saturated heterocycles. The predicted octanol–water partition coefficient (Wildman–Crippen LogP) is 2.57. The maximum absolute atomic E-state index is 11.0. The van der Waals surface area contributed by atoms with E-state index >= 15 is 0 Å². The zero-order chi connectivity index (χ0) is 16.1. The fourth-order valence-corrected chi connectivity index (χ4v) is 2.40. The van der Waals surface area contributed by atoms with Gasteiger partial charge in [-0.15, -0.1) is 0 Å². The van der Waals surface area contributed by atoms with Crippen LogP contribution in [-0.4, -0.2) is 24.8 Å². The van der Waals surface area contributed by atoms with E-state index in [0.29, 0.717) is 6.61 Å². The molecule has 0 saturated carbocycles. The summed E-state index contributed by atoms with van der Waals surface area (Å²) in [4.78, 5) is 15.4. The molecule has 5 nitrogen and oxygen atoms in total. The summed E-state index contributed by atoms with van der Waals surface area (Å²) in [6.45, 7) is 3.70. The first-order chi connectivity index (χ1) is 11.2. The number of hydrogen-bond acceptors (Lipinski definition) is 4. The normalized spacial score (nSPS) is 13.2. The molecule has 2 aromatic rings. The van der Waals surface area contributed by atoms with E-state index in [1.165, 1.54) is 6.92 Å². The van der Waals surface area contributed by atoms with Gasteiger partial charge in [-0.3, -0.25) is 9.79 Å². The van der Waals surface area contributed by atoms with E-state index in [1.54, 1.807) is 0 Å². The Morgan fingerprint density at radius 3 is 2.78 bits per heavy atom. The number of nitrogens with zero attached hydrogens (tertiary/aromatic N) is 1. The van der Waals surface area contributed by atoms with Crippen LogP contribution in [0.25, 0.3) is 0 Å². The van der Waals surface area contributed by atoms with Crippen molar-refractivity contribution in [3.8, 4) is 5.75 Å². The summed E-state index contributed by atoms with van der Waals surface area (Å²) in [5.41, 5.74) is 2.94. The first-order valence-electron chi connectivity index (χ1n) is 7.59. The molecule has 118 valence electrons. The third-order valence-corrected chi connectivity index (χ3v) is 3.45. The zero-order valence-electron chi connectivity index (χ0n) is 13.0. The van der Waals surface area contributed by atoms with Gasteiger partial charge in [0.15, 0.2) is 0 Å². The van der Waals surface area contributed by atoms with Crippen molar-refractivity contribution >= 4 is 17.4 Å². The van der Waals surface area contributed by atoms with Crippen molar-refractivity contribution in [3.05, 3.63) is 59.7 Å². The van der Waals surface area contributed by atoms with E-state index in [9.17, 15) is 4.79 Å². The topological polar surface area (TPSA) is 62.7 Å². The van der Waals surface area contributed by atoms with E-state index in [1.807, 2.05) is 42.5 Å². The highest BCUT2D eigenvalue weighted by molar-refractivity contribution is 5.99. The monoisotopic (exact) mass is 309 g/mol. The van der Waals surface area contributed by atoms with Crippen LogP contribution in [0.15, 0.2) is 53.5 Å². The van der Waals surface area contributed by atoms with Crippen molar-refractivity contribution < 1.29 is 9.53 Å². The SMILES string of the molecule is CC(=O)Nc1ccc(OCc2cccc(C3=NCCN3)c2)cc1. The summed E-state index contributed by atoms with van der Waals surface area (Å²) >= 11 is 0. The number of aliphatic imine (C=N–C) groups is 1. The van der Waals surface area contributed by atoms with E-state index < -0.39 is 0 Å². The summed E-state index contributed by atoms with van der Waals surface area (Å²) in [5.74, 6) is 1.63. The summed E-state index contributed by atoms with van der Waals surface area (Å²) in [6.07, 6.45) is 0. The second-order valence-electron chi connectivity index (χ2n) is 5.35. The molecule has 0 aliphatic carbocycles. The molecule has 0 fully saturated rings. The minimum Gasteiger partial charge on any atom is -0.489 e. The van der Waals surface area contributed by atoms with Crippen LogP contribution >= 0.6 is 0 Å². The fourth-order valence-electron chi connectivity index (χ4n) is 2.40. The predicted molar refractivity (Wildman–Crippen MR) is 90.9 cm³/mol. The highest BCUT2D eigenvalue weighted by Crippen LogP contribution is 2.17. The van der Waals surface area contributed by atoms with Crippen molar-refractivity contribution in [2.24, 2.45) is 4.99 Å². The Bertz CT molecular complexity index is 723. The maximum atomic E-state index is 11.0. The van der Waals surface area contributed by atoms with Gasteiger partial charge >= 0.3 is 0 Å². The van der Waals surface area contributed by atoms with Gasteiger partial charge in [-0.25, -0.2) is 0 Å². The van der Waals surface area contributed by atoms with Crippen molar-refractivity contribution in [1.29, 1.82) is 0 Å². The molecular weight excluding hydrogens is 290 g/mol. The molecule has 0 atom stereocenters. The Morgan fingerprint density at radius 2 is 2.09 bits per heavy atom. The Kier molecular flexibility index (Phi) is 4.57. The van der Waals surface area contributed by atoms with Crippen LogP contribution in [0.2, 0.25) is 0 Å². The minimum absolute atomic E-state index is 0.0843. The van der Waals surface area contributed by atoms with Crippen LogP contribution in [0.3, 0.4) is 0 Å². The molecule has 0 radical (unpaired) electrons. The molecule has 1 aliphatic rings. The average molecular weight is 309 g/mol. The Labute approximate surface area is 135 Å². The number of nitrogens with one attached hydrogen (secondary N) is 2. The number of carbonyl (C=O) groups is 1. The van der Waals surface area contributed by atoms with Crippen LogP contribution in [0.5, 0.6) is 5.75 Å². The highest BCUT2D eigenvalue weighted by atomic mass is 16.5. The maximum Gasteiger partial charge on any atom is 0.221 e. The van der Waals surface area contributed by atoms with Gasteiger partial charge < -0.3 is 15.4 Å². The number of benzene rings is 2. The van der Waals surface area contributed by atoms with Gasteiger partial charge in [0.25, 0.3) is 0 Å². The number of amides is 1. The quantitative estimate of drug-likeness (QED) is 0.892. The molecule has 1 aliphatic heterocycles. The summed E-state index contributed by atoms with van der Waals surface area (Å²) < 4.78 is 5.80. The summed E-state index contributed by atoms with van der Waals surface area (Å²) in [5, 5.41) is 6.00. The molecule has 0 spiro atoms. The number of ether oxygens (including phenoxy) is 1. The highest BCUT2D eigenvalue weighted by Gasteiger charge is 2.08. The Morgan fingerprint density at radius 1 is 1.26 bits per heavy atom. The zero-order valence-corrected chi connectivity index (χ0v) is 13.0. The number of rotatable bonds is 5. The van der Waals surface area contributed by atoms with Crippen LogP contribution in [-0.2, 0) is 11.4 Å². The van der Waals surface area contributed by atoms with Gasteiger partial charge in [0, 0.05) is 24.7 Å². The molecule has 0 aromatic heterocycles. The number of carbonyl (C=O) groups excluding carboxylic acids is 1. The summed E-state index contributed by atoms with van der Waals surface area (Å²) in [7, 11) is 0. The lowest BCUT2D eigenvalue weighted by Crippen LogP contribution is -2.19. The lowest BCUT2D eigenvalue weighted by molar-refractivity contribution is -0.114. The van der Waals surface area contributed by atoms with Crippen molar-refractivity contribution in [1.82, 2.24) is 5.32 Å². The van der Waals surface area contributed by atoms with E-state index in [0.717, 1.165) is 41.5 Å². The lowest BCUT2D eigenvalue weighted by Gasteiger charge is -2.09. The summed E-state index contributed by atoms with van der Waals surface area (Å²) in [6, 6.07) is 15.5. The van der Waals surface area contributed by atoms with E-state index in [2.05, 4.69) is 21.7 Å². The van der Waals surface area contributed by atoms with Crippen LogP contribution in [0.4, 0.5) is 5.69 Å². The molecule has 3 rings (SSSR count). The molecule has 0 bridgehead atoms. The lowest BCUT2D eigenvalue weighted by atomic mass is 10.1. The van der Waals surface area contributed by atoms with Crippen molar-refractivity contribution in [2.45, 2.75) is 13.5 Å². The standard InChI is InChI=1S/C18H19N3O2/c1-13(22)21-16-5-7-17(8-6-16)23-12-14-3-2-4-15(11-14)18-19-9-10-20-18/h2-8,11H,9-10,12H2,1H3,(H,19,20)(H,21,22). The Hall–Kier alpha value is -2.82. The molecule has 1 amide bonds. The molecular formula is C18H19N3O2. The molecule has 2 N–H and O–H groups in total.